The van der Waals surface area contributed by atoms with E-state index >= 15 is 0 Å². The van der Waals surface area contributed by atoms with Crippen molar-refractivity contribution in [3.05, 3.63) is 65.2 Å². The Morgan fingerprint density at radius 1 is 1.00 bits per heavy atom. The molecule has 1 aliphatic rings. The van der Waals surface area contributed by atoms with Crippen LogP contribution in [-0.2, 0) is 11.0 Å². The summed E-state index contributed by atoms with van der Waals surface area (Å²) in [6.07, 6.45) is -2.25. The summed E-state index contributed by atoms with van der Waals surface area (Å²) in [5.74, 6) is -0.367. The SMILES string of the molecule is O=C(/C=C/c1cccc(C(F)(F)F)c1)NNC(=O)c1ccc2c(c1)OCO2. The maximum Gasteiger partial charge on any atom is 0.416 e. The van der Waals surface area contributed by atoms with E-state index in [1.165, 1.54) is 30.3 Å². The fraction of sp³-hybridized carbons (Fsp3) is 0.111. The number of nitrogens with one attached hydrogen (secondary N) is 2. The molecular formula is C18H13F3N2O4. The molecule has 0 saturated heterocycles. The zero-order valence-electron chi connectivity index (χ0n) is 13.7. The highest BCUT2D eigenvalue weighted by Crippen LogP contribution is 2.32. The first-order valence-corrected chi connectivity index (χ1v) is 7.68. The van der Waals surface area contributed by atoms with Crippen molar-refractivity contribution in [1.82, 2.24) is 10.9 Å². The topological polar surface area (TPSA) is 76.7 Å². The van der Waals surface area contributed by atoms with Crippen molar-refractivity contribution >= 4 is 17.9 Å². The molecule has 0 fully saturated rings. The van der Waals surface area contributed by atoms with Crippen LogP contribution in [0.1, 0.15) is 21.5 Å². The highest BCUT2D eigenvalue weighted by molar-refractivity contribution is 5.98. The number of carbonyl (C=O) groups is 2. The number of amides is 2. The number of halogens is 3. The standard InChI is InChI=1S/C18H13F3N2O4/c19-18(20,21)13-3-1-2-11(8-13)4-7-16(24)22-23-17(25)12-5-6-14-15(9-12)27-10-26-14/h1-9H,10H2,(H,22,24)(H,23,25)/b7-4+. The second-order valence-electron chi connectivity index (χ2n) is 5.47. The van der Waals surface area contributed by atoms with Crippen molar-refractivity contribution in [2.75, 3.05) is 6.79 Å². The average molecular weight is 378 g/mol. The third-order valence-corrected chi connectivity index (χ3v) is 3.58. The normalized spacial score (nSPS) is 12.9. The number of rotatable bonds is 3. The van der Waals surface area contributed by atoms with Crippen molar-refractivity contribution in [2.24, 2.45) is 0 Å². The predicted molar refractivity (Wildman–Crippen MR) is 88.7 cm³/mol. The van der Waals surface area contributed by atoms with Crippen LogP contribution in [0, 0.1) is 0 Å². The van der Waals surface area contributed by atoms with Gasteiger partial charge in [-0.25, -0.2) is 0 Å². The van der Waals surface area contributed by atoms with Crippen LogP contribution in [0.15, 0.2) is 48.5 Å². The van der Waals surface area contributed by atoms with Gasteiger partial charge in [0.15, 0.2) is 11.5 Å². The Morgan fingerprint density at radius 3 is 2.56 bits per heavy atom. The number of hydrazine groups is 1. The zero-order chi connectivity index (χ0) is 19.4. The molecule has 0 bridgehead atoms. The minimum atomic E-state index is -4.47. The maximum atomic E-state index is 12.7. The van der Waals surface area contributed by atoms with Gasteiger partial charge in [0.25, 0.3) is 11.8 Å². The quantitative estimate of drug-likeness (QED) is 0.636. The molecule has 1 heterocycles. The van der Waals surface area contributed by atoms with Gasteiger partial charge in [0.05, 0.1) is 5.56 Å². The molecule has 2 aromatic carbocycles. The van der Waals surface area contributed by atoms with Gasteiger partial charge < -0.3 is 9.47 Å². The summed E-state index contributed by atoms with van der Waals surface area (Å²) in [4.78, 5) is 23.7. The zero-order valence-corrected chi connectivity index (χ0v) is 13.7. The van der Waals surface area contributed by atoms with Crippen LogP contribution in [0.2, 0.25) is 0 Å². The number of fused-ring (bicyclic) bond motifs is 1. The van der Waals surface area contributed by atoms with E-state index in [0.717, 1.165) is 18.2 Å². The smallest absolute Gasteiger partial charge is 0.416 e. The Balaban J connectivity index is 1.56. The van der Waals surface area contributed by atoms with Crippen LogP contribution < -0.4 is 20.3 Å². The van der Waals surface area contributed by atoms with Gasteiger partial charge in [0, 0.05) is 11.6 Å². The van der Waals surface area contributed by atoms with E-state index < -0.39 is 23.6 Å². The number of ether oxygens (including phenoxy) is 2. The van der Waals surface area contributed by atoms with Gasteiger partial charge in [0.1, 0.15) is 0 Å². The summed E-state index contributed by atoms with van der Waals surface area (Å²) in [7, 11) is 0. The second kappa shape index (κ2) is 7.40. The fourth-order valence-corrected chi connectivity index (χ4v) is 2.26. The van der Waals surface area contributed by atoms with Gasteiger partial charge in [-0.2, -0.15) is 13.2 Å². The molecule has 1 aliphatic heterocycles. The van der Waals surface area contributed by atoms with E-state index in [0.29, 0.717) is 11.5 Å². The Labute approximate surface area is 151 Å². The largest absolute Gasteiger partial charge is 0.454 e. The molecule has 3 rings (SSSR count). The van der Waals surface area contributed by atoms with Gasteiger partial charge >= 0.3 is 6.18 Å². The molecule has 9 heteroatoms. The molecule has 0 aliphatic carbocycles. The van der Waals surface area contributed by atoms with Crippen LogP contribution in [-0.4, -0.2) is 18.6 Å². The lowest BCUT2D eigenvalue weighted by Crippen LogP contribution is -2.40. The van der Waals surface area contributed by atoms with Gasteiger partial charge in [-0.15, -0.1) is 0 Å². The molecule has 27 heavy (non-hydrogen) atoms. The third-order valence-electron chi connectivity index (χ3n) is 3.58. The fourth-order valence-electron chi connectivity index (χ4n) is 2.26. The molecule has 6 nitrogen and oxygen atoms in total. The second-order valence-corrected chi connectivity index (χ2v) is 5.47. The summed E-state index contributed by atoms with van der Waals surface area (Å²) < 4.78 is 48.2. The molecule has 140 valence electrons. The summed E-state index contributed by atoms with van der Waals surface area (Å²) in [6, 6.07) is 9.02. The van der Waals surface area contributed by atoms with Crippen molar-refractivity contribution in [3.63, 3.8) is 0 Å². The summed E-state index contributed by atoms with van der Waals surface area (Å²) in [5, 5.41) is 0. The van der Waals surface area contributed by atoms with E-state index in [2.05, 4.69) is 10.9 Å². The lowest BCUT2D eigenvalue weighted by Gasteiger charge is -2.07. The Hall–Kier alpha value is -3.49. The van der Waals surface area contributed by atoms with E-state index in [-0.39, 0.29) is 17.9 Å². The molecule has 0 spiro atoms. The first-order valence-electron chi connectivity index (χ1n) is 7.68. The highest BCUT2D eigenvalue weighted by atomic mass is 19.4. The molecule has 0 aromatic heterocycles. The van der Waals surface area contributed by atoms with Gasteiger partial charge in [0.2, 0.25) is 6.79 Å². The van der Waals surface area contributed by atoms with Gasteiger partial charge in [-0.3, -0.25) is 20.4 Å². The maximum absolute atomic E-state index is 12.7. The molecule has 2 aromatic rings. The minimum absolute atomic E-state index is 0.0669. The summed E-state index contributed by atoms with van der Waals surface area (Å²) >= 11 is 0. The molecule has 0 atom stereocenters. The van der Waals surface area contributed by atoms with Crippen LogP contribution in [0.25, 0.3) is 6.08 Å². The van der Waals surface area contributed by atoms with Crippen molar-refractivity contribution < 1.29 is 32.2 Å². The molecule has 0 unspecified atom stereocenters. The first kappa shape index (κ1) is 18.3. The van der Waals surface area contributed by atoms with Gasteiger partial charge in [-0.1, -0.05) is 12.1 Å². The number of hydrogen-bond donors (Lipinski definition) is 2. The monoisotopic (exact) mass is 378 g/mol. The molecule has 0 radical (unpaired) electrons. The molecule has 2 N–H and O–H groups in total. The van der Waals surface area contributed by atoms with Gasteiger partial charge in [-0.05, 0) is 42.0 Å². The lowest BCUT2D eigenvalue weighted by molar-refractivity contribution is -0.137. The summed E-state index contributed by atoms with van der Waals surface area (Å²) in [6.45, 7) is 0.0669. The van der Waals surface area contributed by atoms with Crippen LogP contribution >= 0.6 is 0 Å². The third kappa shape index (κ3) is 4.57. The van der Waals surface area contributed by atoms with Crippen LogP contribution in [0.4, 0.5) is 13.2 Å². The molecular weight excluding hydrogens is 365 g/mol. The van der Waals surface area contributed by atoms with E-state index in [1.54, 1.807) is 6.07 Å². The number of carbonyl (C=O) groups excluding carboxylic acids is 2. The van der Waals surface area contributed by atoms with Crippen molar-refractivity contribution in [3.8, 4) is 11.5 Å². The molecule has 0 saturated carbocycles. The highest BCUT2D eigenvalue weighted by Gasteiger charge is 2.30. The number of hydrogen-bond acceptors (Lipinski definition) is 4. The Bertz CT molecular complexity index is 910. The average Bonchev–Trinajstić information content (AvgIpc) is 3.11. The van der Waals surface area contributed by atoms with Crippen LogP contribution in [0.5, 0.6) is 11.5 Å². The Morgan fingerprint density at radius 2 is 1.78 bits per heavy atom. The van der Waals surface area contributed by atoms with E-state index in [1.807, 2.05) is 0 Å². The lowest BCUT2D eigenvalue weighted by atomic mass is 10.1. The minimum Gasteiger partial charge on any atom is -0.454 e. The van der Waals surface area contributed by atoms with E-state index in [4.69, 9.17) is 9.47 Å². The van der Waals surface area contributed by atoms with Crippen LogP contribution in [0.3, 0.4) is 0 Å². The van der Waals surface area contributed by atoms with Crippen molar-refractivity contribution in [2.45, 2.75) is 6.18 Å². The number of benzene rings is 2. The van der Waals surface area contributed by atoms with E-state index in [9.17, 15) is 22.8 Å². The summed E-state index contributed by atoms with van der Waals surface area (Å²) in [5.41, 5.74) is 3.96. The van der Waals surface area contributed by atoms with Crippen molar-refractivity contribution in [1.29, 1.82) is 0 Å². The predicted octanol–water partition coefficient (Wildman–Crippen LogP) is 2.91. The first-order chi connectivity index (χ1) is 12.8. The Kier molecular flexibility index (Phi) is 5.02. The molecule has 2 amide bonds. The number of alkyl halides is 3.